The zero-order valence-electron chi connectivity index (χ0n) is 13.4. The van der Waals surface area contributed by atoms with Gasteiger partial charge in [-0.15, -0.1) is 22.7 Å². The molecule has 1 aromatic carbocycles. The number of fused-ring (bicyclic) bond motifs is 1. The minimum Gasteiger partial charge on any atom is -1.00 e. The quantitative estimate of drug-likeness (QED) is 0.246. The number of hydrogen-bond donors (Lipinski definition) is 0. The topological polar surface area (TPSA) is 3.88 Å². The van der Waals surface area contributed by atoms with Crippen LogP contribution in [0.3, 0.4) is 0 Å². The van der Waals surface area contributed by atoms with Gasteiger partial charge in [-0.3, -0.25) is 0 Å². The van der Waals surface area contributed by atoms with Gasteiger partial charge in [0, 0.05) is 26.8 Å². The highest BCUT2D eigenvalue weighted by atomic mass is 127. The van der Waals surface area contributed by atoms with E-state index in [0.29, 0.717) is 0 Å². The molecule has 0 unspecified atom stereocenters. The Kier molecular flexibility index (Phi) is 6.70. The summed E-state index contributed by atoms with van der Waals surface area (Å²) in [6, 6.07) is 17.5. The number of aromatic nitrogens is 1. The smallest absolute Gasteiger partial charge is 0.262 e. The summed E-state index contributed by atoms with van der Waals surface area (Å²) in [7, 11) is 0. The zero-order chi connectivity index (χ0) is 16.5. The lowest BCUT2D eigenvalue weighted by Crippen LogP contribution is -3.00. The van der Waals surface area contributed by atoms with Crippen molar-refractivity contribution < 1.29 is 28.5 Å². The molecule has 4 rings (SSSR count). The summed E-state index contributed by atoms with van der Waals surface area (Å²) in [6.07, 6.45) is 4.49. The van der Waals surface area contributed by atoms with Crippen LogP contribution in [0.1, 0.15) is 16.8 Å². The van der Waals surface area contributed by atoms with Crippen molar-refractivity contribution in [2.45, 2.75) is 13.5 Å². The fourth-order valence-corrected chi connectivity index (χ4v) is 6.43. The number of aryl methyl sites for hydroxylation is 1. The summed E-state index contributed by atoms with van der Waals surface area (Å²) in [5, 5.41) is 1.30. The molecule has 0 fully saturated rings. The van der Waals surface area contributed by atoms with E-state index in [9.17, 15) is 0 Å². The first-order chi connectivity index (χ1) is 11.7. The van der Waals surface area contributed by atoms with Crippen LogP contribution in [0.25, 0.3) is 32.1 Å². The molecule has 4 aromatic rings. The summed E-state index contributed by atoms with van der Waals surface area (Å²) < 4.78 is 5.06. The molecule has 0 atom stereocenters. The van der Waals surface area contributed by atoms with Gasteiger partial charge in [0.2, 0.25) is 5.52 Å². The Morgan fingerprint density at radius 1 is 0.920 bits per heavy atom. The Labute approximate surface area is 190 Å². The van der Waals surface area contributed by atoms with Crippen LogP contribution in [-0.2, 0) is 6.54 Å². The van der Waals surface area contributed by atoms with Gasteiger partial charge in [0.15, 0.2) is 0 Å². The highest BCUT2D eigenvalue weighted by Crippen LogP contribution is 2.34. The van der Waals surface area contributed by atoms with Crippen LogP contribution in [0.5, 0.6) is 0 Å². The molecule has 3 aromatic heterocycles. The maximum absolute atomic E-state index is 2.38. The highest BCUT2D eigenvalue weighted by Gasteiger charge is 2.16. The van der Waals surface area contributed by atoms with Crippen molar-refractivity contribution in [1.82, 2.24) is 0 Å². The molecule has 0 amide bonds. The molecule has 0 aliphatic rings. The van der Waals surface area contributed by atoms with Gasteiger partial charge in [-0.1, -0.05) is 23.5 Å². The van der Waals surface area contributed by atoms with Crippen LogP contribution >= 0.6 is 56.6 Å². The van der Waals surface area contributed by atoms with Crippen molar-refractivity contribution in [2.24, 2.45) is 0 Å². The minimum atomic E-state index is 0. The summed E-state index contributed by atoms with van der Waals surface area (Å²) in [5.41, 5.74) is 1.32. The molecule has 0 radical (unpaired) electrons. The van der Waals surface area contributed by atoms with Gasteiger partial charge in [-0.25, -0.2) is 0 Å². The maximum Gasteiger partial charge on any atom is 0.262 e. The average molecular weight is 607 g/mol. The van der Waals surface area contributed by atoms with Crippen molar-refractivity contribution in [3.63, 3.8) is 0 Å². The van der Waals surface area contributed by atoms with Crippen molar-refractivity contribution in [3.8, 4) is 9.75 Å². The van der Waals surface area contributed by atoms with Gasteiger partial charge >= 0.3 is 0 Å². The lowest BCUT2D eigenvalue weighted by Gasteiger charge is -1.91. The fraction of sp³-hybridized carbons (Fsp3) is 0.105. The third kappa shape index (κ3) is 4.18. The predicted molar refractivity (Wildman–Crippen MR) is 117 cm³/mol. The van der Waals surface area contributed by atoms with Crippen LogP contribution in [0.15, 0.2) is 48.5 Å². The van der Waals surface area contributed by atoms with Crippen LogP contribution in [0, 0.1) is 2.88 Å². The van der Waals surface area contributed by atoms with Crippen LogP contribution in [-0.4, -0.2) is 0 Å². The molecule has 0 N–H and O–H groups in total. The number of nitrogens with zero attached hydrogens (tertiary/aromatic N) is 1. The molecular weight excluding hydrogens is 592 g/mol. The maximum atomic E-state index is 2.38. The van der Waals surface area contributed by atoms with Gasteiger partial charge < -0.3 is 24.0 Å². The van der Waals surface area contributed by atoms with Gasteiger partial charge in [-0.05, 0) is 65.9 Å². The van der Waals surface area contributed by atoms with E-state index in [2.05, 4.69) is 94.8 Å². The zero-order valence-corrected chi connectivity index (χ0v) is 20.2. The predicted octanol–water partition coefficient (Wildman–Crippen LogP) is 3.78. The molecule has 128 valence electrons. The van der Waals surface area contributed by atoms with E-state index in [0.717, 1.165) is 6.54 Å². The minimum absolute atomic E-state index is 0. The Bertz CT molecular complexity index is 1030. The molecular formula is C19H15I2NS3. The molecule has 3 heterocycles. The second-order valence-electron chi connectivity index (χ2n) is 5.29. The largest absolute Gasteiger partial charge is 1.00 e. The number of rotatable bonds is 4. The SMILES string of the molecule is CC[n+]1c(/C=C/c2ccc(-c3ccc(I)s3)s2)sc2ccccc21.[I-]. The number of hydrogen-bond acceptors (Lipinski definition) is 3. The van der Waals surface area contributed by atoms with E-state index in [1.807, 2.05) is 34.0 Å². The van der Waals surface area contributed by atoms with E-state index < -0.39 is 0 Å². The van der Waals surface area contributed by atoms with Gasteiger partial charge in [-0.2, -0.15) is 4.57 Å². The second kappa shape index (κ2) is 8.60. The molecule has 0 aliphatic carbocycles. The van der Waals surface area contributed by atoms with E-state index >= 15 is 0 Å². The molecule has 0 saturated carbocycles. The number of para-hydroxylation sites is 1. The van der Waals surface area contributed by atoms with Crippen LogP contribution in [0.4, 0.5) is 0 Å². The average Bonchev–Trinajstić information content (AvgIpc) is 3.30. The second-order valence-corrected chi connectivity index (χ2v) is 10.4. The van der Waals surface area contributed by atoms with E-state index in [1.54, 1.807) is 0 Å². The third-order valence-corrected chi connectivity index (χ3v) is 8.06. The van der Waals surface area contributed by atoms with Gasteiger partial charge in [0.05, 0.1) is 2.88 Å². The van der Waals surface area contributed by atoms with E-state index in [-0.39, 0.29) is 24.0 Å². The van der Waals surface area contributed by atoms with Crippen molar-refractivity contribution in [1.29, 1.82) is 0 Å². The Morgan fingerprint density at radius 2 is 1.68 bits per heavy atom. The molecule has 1 nitrogen and oxygen atoms in total. The number of halogens is 2. The van der Waals surface area contributed by atoms with Crippen molar-refractivity contribution in [2.75, 3.05) is 0 Å². The van der Waals surface area contributed by atoms with Crippen LogP contribution < -0.4 is 28.5 Å². The Hall–Kier alpha value is -0.290. The summed E-state index contributed by atoms with van der Waals surface area (Å²) in [4.78, 5) is 4.00. The third-order valence-electron chi connectivity index (χ3n) is 3.79. The first kappa shape index (κ1) is 19.5. The molecule has 25 heavy (non-hydrogen) atoms. The molecule has 0 spiro atoms. The fourth-order valence-electron chi connectivity index (χ4n) is 2.68. The lowest BCUT2D eigenvalue weighted by atomic mass is 10.3. The Morgan fingerprint density at radius 3 is 2.44 bits per heavy atom. The molecule has 0 bridgehead atoms. The summed E-state index contributed by atoms with van der Waals surface area (Å²) >= 11 is 7.94. The normalized spacial score (nSPS) is 11.3. The van der Waals surface area contributed by atoms with E-state index in [4.69, 9.17) is 0 Å². The number of benzene rings is 1. The highest BCUT2D eigenvalue weighted by molar-refractivity contribution is 14.1. The summed E-state index contributed by atoms with van der Waals surface area (Å²) in [6.45, 7) is 3.20. The lowest BCUT2D eigenvalue weighted by molar-refractivity contribution is -0.665. The number of thiophene rings is 2. The standard InChI is InChI=1S/C19H15INS3.HI/c1-2-21-14-5-3-4-6-15(14)24-19(21)12-8-13-7-9-16(22-13)17-10-11-18(20)23-17;/h3-12H,2H2,1H3;1H/q+1;/p-1/b12-8+;. The molecule has 0 aliphatic heterocycles. The molecule has 6 heteroatoms. The van der Waals surface area contributed by atoms with E-state index in [1.165, 1.54) is 32.7 Å². The van der Waals surface area contributed by atoms with Crippen LogP contribution in [0.2, 0.25) is 0 Å². The summed E-state index contributed by atoms with van der Waals surface area (Å²) in [5.74, 6) is 0. The first-order valence-electron chi connectivity index (χ1n) is 7.69. The first-order valence-corrected chi connectivity index (χ1v) is 11.2. The monoisotopic (exact) mass is 607 g/mol. The Balaban J connectivity index is 0.00000182. The number of thiazole rings is 1. The molecule has 0 saturated heterocycles. The van der Waals surface area contributed by atoms with Gasteiger partial charge in [0.1, 0.15) is 11.2 Å². The van der Waals surface area contributed by atoms with Gasteiger partial charge in [0.25, 0.3) is 5.01 Å². The van der Waals surface area contributed by atoms with Crippen molar-refractivity contribution in [3.05, 3.63) is 61.3 Å². The van der Waals surface area contributed by atoms with Crippen molar-refractivity contribution >= 4 is 79.0 Å².